The highest BCUT2D eigenvalue weighted by molar-refractivity contribution is 9.11. The van der Waals surface area contributed by atoms with E-state index in [0.29, 0.717) is 6.54 Å². The smallest absolute Gasteiger partial charge is 0.194 e. The van der Waals surface area contributed by atoms with Gasteiger partial charge in [-0.3, -0.25) is 9.98 Å². The molecule has 0 aliphatic carbocycles. The first-order valence-corrected chi connectivity index (χ1v) is 8.27. The van der Waals surface area contributed by atoms with E-state index in [0.717, 1.165) is 22.0 Å². The molecule has 0 bridgehead atoms. The largest absolute Gasteiger partial charge is 0.351 e. The molecule has 1 N–H and O–H groups in total. The van der Waals surface area contributed by atoms with Crippen molar-refractivity contribution in [1.82, 2.24) is 15.2 Å². The average molecular weight is 367 g/mol. The molecule has 0 amide bonds. The fourth-order valence-electron chi connectivity index (χ4n) is 2.00. The molecular weight excluding hydrogens is 348 g/mol. The van der Waals surface area contributed by atoms with Crippen molar-refractivity contribution in [3.05, 3.63) is 50.4 Å². The molecule has 0 saturated carbocycles. The number of nitrogens with one attached hydrogen (secondary N) is 1. The van der Waals surface area contributed by atoms with Gasteiger partial charge in [0.15, 0.2) is 5.96 Å². The van der Waals surface area contributed by atoms with Crippen LogP contribution >= 0.6 is 27.3 Å². The number of pyridine rings is 1. The third-order valence-electron chi connectivity index (χ3n) is 3.13. The van der Waals surface area contributed by atoms with E-state index in [-0.39, 0.29) is 0 Å². The third kappa shape index (κ3) is 4.54. The van der Waals surface area contributed by atoms with E-state index in [4.69, 9.17) is 0 Å². The summed E-state index contributed by atoms with van der Waals surface area (Å²) in [4.78, 5) is 12.1. The zero-order chi connectivity index (χ0) is 15.2. The molecule has 2 heterocycles. The summed E-state index contributed by atoms with van der Waals surface area (Å²) in [5.41, 5.74) is 2.23. The van der Waals surface area contributed by atoms with Gasteiger partial charge in [-0.2, -0.15) is 0 Å². The number of aliphatic imine (C=N–C) groups is 1. The number of aryl methyl sites for hydroxylation is 1. The molecule has 4 nitrogen and oxygen atoms in total. The number of halogens is 1. The van der Waals surface area contributed by atoms with Gasteiger partial charge >= 0.3 is 0 Å². The Hall–Kier alpha value is -1.40. The SMILES string of the molecule is CN=C(NCc1ncccc1C)N(C)Cc1ccc(Br)s1. The van der Waals surface area contributed by atoms with Gasteiger partial charge in [-0.25, -0.2) is 0 Å². The maximum absolute atomic E-state index is 4.39. The molecule has 0 aromatic carbocycles. The number of nitrogens with zero attached hydrogens (tertiary/aromatic N) is 3. The minimum absolute atomic E-state index is 0.678. The van der Waals surface area contributed by atoms with Gasteiger partial charge in [-0.15, -0.1) is 11.3 Å². The molecule has 2 aromatic heterocycles. The van der Waals surface area contributed by atoms with Gasteiger partial charge in [0.2, 0.25) is 0 Å². The molecule has 21 heavy (non-hydrogen) atoms. The third-order valence-corrected chi connectivity index (χ3v) is 4.74. The maximum atomic E-state index is 4.39. The molecule has 0 atom stereocenters. The van der Waals surface area contributed by atoms with Crippen molar-refractivity contribution in [2.75, 3.05) is 14.1 Å². The minimum atomic E-state index is 0.678. The summed E-state index contributed by atoms with van der Waals surface area (Å²) in [6.45, 7) is 3.58. The Kier molecular flexibility index (Phi) is 5.76. The number of aromatic nitrogens is 1. The normalized spacial score (nSPS) is 11.5. The van der Waals surface area contributed by atoms with Crippen LogP contribution in [0.1, 0.15) is 16.1 Å². The van der Waals surface area contributed by atoms with Crippen LogP contribution < -0.4 is 5.32 Å². The van der Waals surface area contributed by atoms with Crippen LogP contribution in [0.4, 0.5) is 0 Å². The Bertz CT molecular complexity index is 624. The van der Waals surface area contributed by atoms with Gasteiger partial charge in [-0.05, 0) is 46.6 Å². The van der Waals surface area contributed by atoms with E-state index >= 15 is 0 Å². The zero-order valence-corrected chi connectivity index (χ0v) is 14.8. The minimum Gasteiger partial charge on any atom is -0.351 e. The summed E-state index contributed by atoms with van der Waals surface area (Å²) in [7, 11) is 3.84. The molecule has 112 valence electrons. The first-order valence-electron chi connectivity index (χ1n) is 6.66. The van der Waals surface area contributed by atoms with Crippen LogP contribution in [0.2, 0.25) is 0 Å². The molecule has 0 aliphatic heterocycles. The summed E-state index contributed by atoms with van der Waals surface area (Å²) in [6, 6.07) is 8.22. The molecule has 6 heteroatoms. The number of hydrogen-bond acceptors (Lipinski definition) is 3. The van der Waals surface area contributed by atoms with E-state index in [1.54, 1.807) is 18.4 Å². The summed E-state index contributed by atoms with van der Waals surface area (Å²) in [5.74, 6) is 0.865. The Morgan fingerprint density at radius 1 is 1.43 bits per heavy atom. The molecule has 2 aromatic rings. The first-order chi connectivity index (χ1) is 10.1. The van der Waals surface area contributed by atoms with Crippen molar-refractivity contribution in [2.45, 2.75) is 20.0 Å². The Morgan fingerprint density at radius 2 is 2.24 bits per heavy atom. The highest BCUT2D eigenvalue weighted by Gasteiger charge is 2.09. The monoisotopic (exact) mass is 366 g/mol. The number of hydrogen-bond donors (Lipinski definition) is 1. The molecule has 0 spiro atoms. The standard InChI is InChI=1S/C15H19BrN4S/c1-11-5-4-8-18-13(11)9-19-15(17-2)20(3)10-12-6-7-14(16)21-12/h4-8H,9-10H2,1-3H3,(H,17,19). The molecule has 2 rings (SSSR count). The van der Waals surface area contributed by atoms with Crippen molar-refractivity contribution in [2.24, 2.45) is 4.99 Å². The lowest BCUT2D eigenvalue weighted by Crippen LogP contribution is -2.38. The highest BCUT2D eigenvalue weighted by Crippen LogP contribution is 2.22. The van der Waals surface area contributed by atoms with E-state index in [1.807, 2.05) is 19.3 Å². The van der Waals surface area contributed by atoms with Gasteiger partial charge < -0.3 is 10.2 Å². The Morgan fingerprint density at radius 3 is 2.86 bits per heavy atom. The van der Waals surface area contributed by atoms with Gasteiger partial charge in [-0.1, -0.05) is 6.07 Å². The van der Waals surface area contributed by atoms with Gasteiger partial charge in [0.1, 0.15) is 0 Å². The lowest BCUT2D eigenvalue weighted by atomic mass is 10.2. The quantitative estimate of drug-likeness (QED) is 0.665. The zero-order valence-electron chi connectivity index (χ0n) is 12.4. The molecule has 0 fully saturated rings. The Labute approximate surface area is 138 Å². The predicted molar refractivity (Wildman–Crippen MR) is 92.7 cm³/mol. The first kappa shape index (κ1) is 16.0. The second-order valence-electron chi connectivity index (χ2n) is 4.73. The van der Waals surface area contributed by atoms with Gasteiger partial charge in [0.05, 0.1) is 22.6 Å². The molecular formula is C15H19BrN4S. The van der Waals surface area contributed by atoms with Gasteiger partial charge in [0, 0.05) is 25.2 Å². The predicted octanol–water partition coefficient (Wildman–Crippen LogP) is 3.42. The fourth-order valence-corrected chi connectivity index (χ4v) is 3.53. The number of guanidine groups is 1. The van der Waals surface area contributed by atoms with Crippen molar-refractivity contribution < 1.29 is 0 Å². The van der Waals surface area contributed by atoms with E-state index in [9.17, 15) is 0 Å². The van der Waals surface area contributed by atoms with Crippen LogP contribution in [-0.2, 0) is 13.1 Å². The van der Waals surface area contributed by atoms with Crippen LogP contribution in [0.25, 0.3) is 0 Å². The average Bonchev–Trinajstić information content (AvgIpc) is 2.86. The molecule has 0 saturated heterocycles. The number of thiophene rings is 1. The molecule has 0 unspecified atom stereocenters. The summed E-state index contributed by atoms with van der Waals surface area (Å²) in [6.07, 6.45) is 1.82. The van der Waals surface area contributed by atoms with Crippen molar-refractivity contribution in [1.29, 1.82) is 0 Å². The van der Waals surface area contributed by atoms with Gasteiger partial charge in [0.25, 0.3) is 0 Å². The second kappa shape index (κ2) is 7.56. The summed E-state index contributed by atoms with van der Waals surface area (Å²) in [5, 5.41) is 3.36. The molecule has 0 radical (unpaired) electrons. The summed E-state index contributed by atoms with van der Waals surface area (Å²) >= 11 is 5.23. The highest BCUT2D eigenvalue weighted by atomic mass is 79.9. The Balaban J connectivity index is 1.95. The van der Waals surface area contributed by atoms with Crippen LogP contribution in [0, 0.1) is 6.92 Å². The van der Waals surface area contributed by atoms with E-state index < -0.39 is 0 Å². The number of rotatable bonds is 4. The van der Waals surface area contributed by atoms with Crippen LogP contribution in [-0.4, -0.2) is 29.9 Å². The molecule has 0 aliphatic rings. The van der Waals surface area contributed by atoms with Crippen molar-refractivity contribution >= 4 is 33.2 Å². The fraction of sp³-hybridized carbons (Fsp3) is 0.333. The maximum Gasteiger partial charge on any atom is 0.194 e. The van der Waals surface area contributed by atoms with Crippen molar-refractivity contribution in [3.8, 4) is 0 Å². The van der Waals surface area contributed by atoms with Crippen LogP contribution in [0.3, 0.4) is 0 Å². The lowest BCUT2D eigenvalue weighted by molar-refractivity contribution is 0.480. The van der Waals surface area contributed by atoms with Crippen LogP contribution in [0.15, 0.2) is 39.2 Å². The van der Waals surface area contributed by atoms with E-state index in [2.05, 4.69) is 61.2 Å². The lowest BCUT2D eigenvalue weighted by Gasteiger charge is -2.21. The topological polar surface area (TPSA) is 40.5 Å². The van der Waals surface area contributed by atoms with Crippen molar-refractivity contribution in [3.63, 3.8) is 0 Å². The summed E-state index contributed by atoms with van der Waals surface area (Å²) < 4.78 is 1.15. The van der Waals surface area contributed by atoms with Crippen LogP contribution in [0.5, 0.6) is 0 Å². The van der Waals surface area contributed by atoms with E-state index in [1.165, 1.54) is 10.4 Å². The second-order valence-corrected chi connectivity index (χ2v) is 7.28.